The highest BCUT2D eigenvalue weighted by Crippen LogP contribution is 2.25. The Morgan fingerprint density at radius 2 is 1.87 bits per heavy atom. The lowest BCUT2D eigenvalue weighted by molar-refractivity contribution is -0.902. The van der Waals surface area contributed by atoms with Gasteiger partial charge in [0.05, 0.1) is 24.4 Å². The van der Waals surface area contributed by atoms with Gasteiger partial charge in [0, 0.05) is 18.8 Å². The molecule has 0 saturated carbocycles. The molecule has 3 fully saturated rings. The van der Waals surface area contributed by atoms with Crippen LogP contribution < -0.4 is 10.3 Å². The number of carbonyl (C=O) groups is 1. The predicted octanol–water partition coefficient (Wildman–Crippen LogP) is 0.940. The second-order valence-corrected chi connectivity index (χ2v) is 6.46. The molecular formula is C18H20N3O2+. The van der Waals surface area contributed by atoms with E-state index >= 15 is 0 Å². The predicted molar refractivity (Wildman–Crippen MR) is 88.8 cm³/mol. The maximum atomic E-state index is 12.4. The van der Waals surface area contributed by atoms with Gasteiger partial charge in [-0.25, -0.2) is 5.43 Å². The van der Waals surface area contributed by atoms with Crippen LogP contribution in [0.15, 0.2) is 41.5 Å². The number of nitrogens with one attached hydrogen (secondary N) is 2. The smallest absolute Gasteiger partial charge is 0.275 e. The van der Waals surface area contributed by atoms with Crippen LogP contribution in [-0.4, -0.2) is 36.4 Å². The minimum Gasteiger partial charge on any atom is -0.507 e. The van der Waals surface area contributed by atoms with E-state index in [1.807, 2.05) is 24.3 Å². The van der Waals surface area contributed by atoms with E-state index < -0.39 is 0 Å². The van der Waals surface area contributed by atoms with Crippen LogP contribution >= 0.6 is 0 Å². The van der Waals surface area contributed by atoms with Gasteiger partial charge in [0.1, 0.15) is 12.3 Å². The molecule has 0 radical (unpaired) electrons. The SMILES string of the molecule is O=C(N/N=C1\C[NH+]2CCC1CC2)c1cc2ccccc2cc1O. The number of nitrogens with zero attached hydrogens (tertiary/aromatic N) is 1. The van der Waals surface area contributed by atoms with Crippen molar-refractivity contribution in [2.75, 3.05) is 19.6 Å². The van der Waals surface area contributed by atoms with Gasteiger partial charge in [-0.05, 0) is 22.9 Å². The molecular weight excluding hydrogens is 290 g/mol. The molecule has 2 bridgehead atoms. The molecule has 0 spiro atoms. The van der Waals surface area contributed by atoms with Crippen molar-refractivity contribution in [2.24, 2.45) is 11.0 Å². The minimum absolute atomic E-state index is 0.0130. The third kappa shape index (κ3) is 2.68. The van der Waals surface area contributed by atoms with Crippen molar-refractivity contribution in [1.82, 2.24) is 5.43 Å². The molecule has 3 saturated heterocycles. The van der Waals surface area contributed by atoms with E-state index in [0.717, 1.165) is 35.9 Å². The quantitative estimate of drug-likeness (QED) is 0.723. The third-order valence-corrected chi connectivity index (χ3v) is 5.00. The largest absolute Gasteiger partial charge is 0.507 e. The van der Waals surface area contributed by atoms with E-state index in [2.05, 4.69) is 10.5 Å². The number of phenols is 1. The average Bonchev–Trinajstić information content (AvgIpc) is 2.60. The highest BCUT2D eigenvalue weighted by molar-refractivity contribution is 6.02. The van der Waals surface area contributed by atoms with Gasteiger partial charge < -0.3 is 10.0 Å². The van der Waals surface area contributed by atoms with Crippen molar-refractivity contribution in [1.29, 1.82) is 0 Å². The lowest BCUT2D eigenvalue weighted by Crippen LogP contribution is -3.16. The Balaban J connectivity index is 1.56. The summed E-state index contributed by atoms with van der Waals surface area (Å²) in [7, 11) is 0. The molecule has 2 aromatic rings. The number of benzene rings is 2. The zero-order valence-electron chi connectivity index (χ0n) is 12.9. The van der Waals surface area contributed by atoms with Gasteiger partial charge in [-0.2, -0.15) is 5.10 Å². The molecule has 1 amide bonds. The van der Waals surface area contributed by atoms with Crippen LogP contribution in [0.1, 0.15) is 23.2 Å². The average molecular weight is 310 g/mol. The Morgan fingerprint density at radius 1 is 1.17 bits per heavy atom. The van der Waals surface area contributed by atoms with Crippen LogP contribution in [0.3, 0.4) is 0 Å². The topological polar surface area (TPSA) is 66.1 Å². The molecule has 3 aliphatic heterocycles. The number of amides is 1. The van der Waals surface area contributed by atoms with E-state index in [9.17, 15) is 9.90 Å². The summed E-state index contributed by atoms with van der Waals surface area (Å²) in [5.41, 5.74) is 3.99. The number of quaternary nitrogens is 1. The normalized spacial score (nSPS) is 25.0. The second-order valence-electron chi connectivity index (χ2n) is 6.46. The van der Waals surface area contributed by atoms with Crippen LogP contribution in [0.25, 0.3) is 10.8 Å². The minimum atomic E-state index is -0.354. The number of rotatable bonds is 2. The third-order valence-electron chi connectivity index (χ3n) is 5.00. The van der Waals surface area contributed by atoms with Gasteiger partial charge in [-0.1, -0.05) is 24.3 Å². The fourth-order valence-electron chi connectivity index (χ4n) is 3.66. The standard InChI is InChI=1S/C18H19N3O2/c22-17-10-14-4-2-1-3-13(14)9-15(17)18(23)20-19-16-11-21-7-5-12(16)6-8-21/h1-4,9-10,12,22H,5-8,11H2,(H,20,23)/p+1/b19-16+. The first kappa shape index (κ1) is 14.2. The van der Waals surface area contributed by atoms with E-state index in [4.69, 9.17) is 0 Å². The molecule has 118 valence electrons. The van der Waals surface area contributed by atoms with Crippen LogP contribution in [0.2, 0.25) is 0 Å². The number of hydrazone groups is 1. The van der Waals surface area contributed by atoms with E-state index in [1.54, 1.807) is 17.0 Å². The van der Waals surface area contributed by atoms with Crippen molar-refractivity contribution in [3.05, 3.63) is 42.0 Å². The summed E-state index contributed by atoms with van der Waals surface area (Å²) in [5, 5.41) is 16.3. The van der Waals surface area contributed by atoms with Crippen molar-refractivity contribution < 1.29 is 14.8 Å². The lowest BCUT2D eigenvalue weighted by Gasteiger charge is -2.36. The van der Waals surface area contributed by atoms with Crippen molar-refractivity contribution in [3.8, 4) is 5.75 Å². The summed E-state index contributed by atoms with van der Waals surface area (Å²) in [6, 6.07) is 11.0. The number of hydrogen-bond acceptors (Lipinski definition) is 3. The summed E-state index contributed by atoms with van der Waals surface area (Å²) in [5.74, 6) is 0.145. The molecule has 3 N–H and O–H groups in total. The molecule has 5 nitrogen and oxygen atoms in total. The Hall–Kier alpha value is -2.40. The summed E-state index contributed by atoms with van der Waals surface area (Å²) in [4.78, 5) is 13.9. The molecule has 0 aliphatic carbocycles. The first-order valence-electron chi connectivity index (χ1n) is 8.13. The maximum Gasteiger partial charge on any atom is 0.275 e. The molecule has 5 heteroatoms. The molecule has 0 aromatic heterocycles. The molecule has 0 atom stereocenters. The fourth-order valence-corrected chi connectivity index (χ4v) is 3.66. The van der Waals surface area contributed by atoms with Crippen LogP contribution in [-0.2, 0) is 0 Å². The van der Waals surface area contributed by atoms with Crippen molar-refractivity contribution in [2.45, 2.75) is 12.8 Å². The van der Waals surface area contributed by atoms with Gasteiger partial charge in [-0.3, -0.25) is 4.79 Å². The van der Waals surface area contributed by atoms with Gasteiger partial charge >= 0.3 is 0 Å². The summed E-state index contributed by atoms with van der Waals surface area (Å²) in [6.45, 7) is 3.35. The van der Waals surface area contributed by atoms with Crippen LogP contribution in [0.4, 0.5) is 0 Å². The second kappa shape index (κ2) is 5.66. The molecule has 3 heterocycles. The summed E-state index contributed by atoms with van der Waals surface area (Å²) >= 11 is 0. The van der Waals surface area contributed by atoms with E-state index in [0.29, 0.717) is 5.92 Å². The molecule has 0 unspecified atom stereocenters. The van der Waals surface area contributed by atoms with Crippen LogP contribution in [0, 0.1) is 5.92 Å². The summed E-state index contributed by atoms with van der Waals surface area (Å²) < 4.78 is 0. The first-order chi connectivity index (χ1) is 11.2. The van der Waals surface area contributed by atoms with Gasteiger partial charge in [0.15, 0.2) is 0 Å². The number of fused-ring (bicyclic) bond motifs is 4. The number of aromatic hydroxyl groups is 1. The van der Waals surface area contributed by atoms with E-state index in [-0.39, 0.29) is 17.2 Å². The number of piperidine rings is 3. The molecule has 3 aliphatic rings. The Kier molecular flexibility index (Phi) is 3.50. The summed E-state index contributed by atoms with van der Waals surface area (Å²) in [6.07, 6.45) is 2.32. The highest BCUT2D eigenvalue weighted by atomic mass is 16.3. The van der Waals surface area contributed by atoms with Gasteiger partial charge in [-0.15, -0.1) is 0 Å². The van der Waals surface area contributed by atoms with E-state index in [1.165, 1.54) is 13.1 Å². The number of phenolic OH excluding ortho intramolecular Hbond substituents is 1. The zero-order chi connectivity index (χ0) is 15.8. The maximum absolute atomic E-state index is 12.4. The highest BCUT2D eigenvalue weighted by Gasteiger charge is 2.34. The number of hydrogen-bond donors (Lipinski definition) is 3. The lowest BCUT2D eigenvalue weighted by atomic mass is 9.87. The monoisotopic (exact) mass is 310 g/mol. The molecule has 2 aromatic carbocycles. The Bertz CT molecular complexity index is 792. The Labute approximate surface area is 134 Å². The van der Waals surface area contributed by atoms with Crippen molar-refractivity contribution >= 4 is 22.4 Å². The fraction of sp³-hybridized carbons (Fsp3) is 0.333. The Morgan fingerprint density at radius 3 is 2.52 bits per heavy atom. The van der Waals surface area contributed by atoms with Crippen LogP contribution in [0.5, 0.6) is 5.75 Å². The number of carbonyl (C=O) groups excluding carboxylic acids is 1. The molecule has 5 rings (SSSR count). The van der Waals surface area contributed by atoms with Crippen molar-refractivity contribution in [3.63, 3.8) is 0 Å². The van der Waals surface area contributed by atoms with Gasteiger partial charge in [0.2, 0.25) is 0 Å². The zero-order valence-corrected chi connectivity index (χ0v) is 12.9. The molecule has 23 heavy (non-hydrogen) atoms. The van der Waals surface area contributed by atoms with Gasteiger partial charge in [0.25, 0.3) is 5.91 Å². The first-order valence-corrected chi connectivity index (χ1v) is 8.13.